The maximum absolute atomic E-state index is 12.3. The zero-order chi connectivity index (χ0) is 15.7. The van der Waals surface area contributed by atoms with Crippen LogP contribution in [0.2, 0.25) is 0 Å². The molecule has 5 nitrogen and oxygen atoms in total. The average Bonchev–Trinajstić information content (AvgIpc) is 2.90. The largest absolute Gasteiger partial charge is 0.493 e. The van der Waals surface area contributed by atoms with Gasteiger partial charge in [0.2, 0.25) is 0 Å². The van der Waals surface area contributed by atoms with Crippen LogP contribution in [0.4, 0.5) is 18.9 Å². The fraction of sp³-hybridized carbons (Fsp3) is 0.357. The minimum atomic E-state index is -5.02. The van der Waals surface area contributed by atoms with E-state index in [4.69, 9.17) is 0 Å². The number of anilines is 1. The highest BCUT2D eigenvalue weighted by Crippen LogP contribution is 2.28. The second-order valence-corrected chi connectivity index (χ2v) is 4.97. The predicted octanol–water partition coefficient (Wildman–Crippen LogP) is 1.57. The number of piperazine rings is 1. The quantitative estimate of drug-likeness (QED) is 0.914. The third kappa shape index (κ3) is 2.74. The summed E-state index contributed by atoms with van der Waals surface area (Å²) in [4.78, 5) is 17.5. The van der Waals surface area contributed by atoms with Crippen LogP contribution < -0.4 is 15.1 Å². The molecule has 1 N–H and O–H groups in total. The number of rotatable bonds is 2. The minimum absolute atomic E-state index is 0.425. The zero-order valence-corrected chi connectivity index (χ0v) is 11.6. The standard InChI is InChI=1S/C14H14F3N3O2/c15-14(16,17)13(21)22-20-7-4-10-11(2-1-3-12(10)20)19-8-5-18-6-9-19/h1-4,7,18H,5-6,8-9H2. The lowest BCUT2D eigenvalue weighted by molar-refractivity contribution is -0.199. The summed E-state index contributed by atoms with van der Waals surface area (Å²) < 4.78 is 37.8. The van der Waals surface area contributed by atoms with Gasteiger partial charge in [-0.2, -0.15) is 17.9 Å². The molecule has 22 heavy (non-hydrogen) atoms. The van der Waals surface area contributed by atoms with E-state index in [0.717, 1.165) is 42.0 Å². The molecule has 0 aliphatic carbocycles. The van der Waals surface area contributed by atoms with E-state index in [-0.39, 0.29) is 0 Å². The van der Waals surface area contributed by atoms with Gasteiger partial charge >= 0.3 is 12.1 Å². The number of carbonyl (C=O) groups excluding carboxylic acids is 1. The molecule has 0 bridgehead atoms. The second kappa shape index (κ2) is 5.53. The van der Waals surface area contributed by atoms with E-state index in [1.54, 1.807) is 18.2 Å². The Balaban J connectivity index is 1.93. The monoisotopic (exact) mass is 313 g/mol. The van der Waals surface area contributed by atoms with Gasteiger partial charge in [-0.3, -0.25) is 0 Å². The topological polar surface area (TPSA) is 46.5 Å². The van der Waals surface area contributed by atoms with Crippen molar-refractivity contribution in [1.29, 1.82) is 0 Å². The van der Waals surface area contributed by atoms with Crippen LogP contribution in [0.15, 0.2) is 30.5 Å². The molecule has 2 aromatic rings. The summed E-state index contributed by atoms with van der Waals surface area (Å²) in [5.74, 6) is -2.24. The molecule has 1 aliphatic heterocycles. The van der Waals surface area contributed by atoms with Gasteiger partial charge in [0.1, 0.15) is 0 Å². The molecule has 0 amide bonds. The summed E-state index contributed by atoms with van der Waals surface area (Å²) >= 11 is 0. The van der Waals surface area contributed by atoms with E-state index in [9.17, 15) is 18.0 Å². The van der Waals surface area contributed by atoms with Crippen molar-refractivity contribution in [1.82, 2.24) is 10.0 Å². The van der Waals surface area contributed by atoms with Gasteiger partial charge < -0.3 is 15.1 Å². The summed E-state index contributed by atoms with van der Waals surface area (Å²) in [6, 6.07) is 6.90. The minimum Gasteiger partial charge on any atom is -0.368 e. The van der Waals surface area contributed by atoms with Crippen molar-refractivity contribution < 1.29 is 22.8 Å². The van der Waals surface area contributed by atoms with Crippen molar-refractivity contribution in [2.75, 3.05) is 31.1 Å². The Morgan fingerprint density at radius 1 is 1.18 bits per heavy atom. The first-order valence-corrected chi connectivity index (χ1v) is 6.82. The molecule has 3 rings (SSSR count). The molecule has 1 fully saturated rings. The van der Waals surface area contributed by atoms with Crippen molar-refractivity contribution in [2.24, 2.45) is 0 Å². The normalized spacial score (nSPS) is 16.0. The Kier molecular flexibility index (Phi) is 3.69. The molecule has 0 unspecified atom stereocenters. The van der Waals surface area contributed by atoms with Crippen LogP contribution in [-0.4, -0.2) is 43.1 Å². The average molecular weight is 313 g/mol. The van der Waals surface area contributed by atoms with Gasteiger partial charge in [-0.25, -0.2) is 4.79 Å². The first kappa shape index (κ1) is 14.7. The van der Waals surface area contributed by atoms with Gasteiger partial charge in [0.15, 0.2) is 0 Å². The molecule has 2 heterocycles. The lowest BCUT2D eigenvalue weighted by Crippen LogP contribution is -2.43. The molecule has 8 heteroatoms. The van der Waals surface area contributed by atoms with Crippen molar-refractivity contribution in [3.8, 4) is 0 Å². The van der Waals surface area contributed by atoms with Crippen LogP contribution in [0.3, 0.4) is 0 Å². The summed E-state index contributed by atoms with van der Waals surface area (Å²) in [5, 5.41) is 3.99. The van der Waals surface area contributed by atoms with Crippen LogP contribution >= 0.6 is 0 Å². The van der Waals surface area contributed by atoms with Crippen molar-refractivity contribution in [2.45, 2.75) is 6.18 Å². The fourth-order valence-electron chi connectivity index (χ4n) is 2.53. The Morgan fingerprint density at radius 2 is 1.91 bits per heavy atom. The number of nitrogens with zero attached hydrogens (tertiary/aromatic N) is 2. The molecule has 118 valence electrons. The van der Waals surface area contributed by atoms with Crippen LogP contribution in [0, 0.1) is 0 Å². The first-order chi connectivity index (χ1) is 10.5. The van der Waals surface area contributed by atoms with Gasteiger partial charge in [-0.15, -0.1) is 0 Å². The van der Waals surface area contributed by atoms with Crippen molar-refractivity contribution in [3.63, 3.8) is 0 Å². The van der Waals surface area contributed by atoms with Crippen molar-refractivity contribution in [3.05, 3.63) is 30.5 Å². The van der Waals surface area contributed by atoms with E-state index in [2.05, 4.69) is 15.1 Å². The number of nitrogens with one attached hydrogen (secondary N) is 1. The summed E-state index contributed by atoms with van der Waals surface area (Å²) in [7, 11) is 0. The third-order valence-electron chi connectivity index (χ3n) is 3.54. The molecule has 0 saturated carbocycles. The van der Waals surface area contributed by atoms with Gasteiger partial charge in [-0.05, 0) is 18.2 Å². The van der Waals surface area contributed by atoms with Gasteiger partial charge in [0, 0.05) is 43.4 Å². The van der Waals surface area contributed by atoms with E-state index in [0.29, 0.717) is 5.52 Å². The van der Waals surface area contributed by atoms with Crippen LogP contribution in [-0.2, 0) is 4.79 Å². The number of halogens is 3. The molecule has 1 saturated heterocycles. The number of alkyl halides is 3. The number of hydrogen-bond acceptors (Lipinski definition) is 4. The van der Waals surface area contributed by atoms with Crippen LogP contribution in [0.5, 0.6) is 0 Å². The second-order valence-electron chi connectivity index (χ2n) is 4.97. The lowest BCUT2D eigenvalue weighted by atomic mass is 10.2. The highest BCUT2D eigenvalue weighted by Gasteiger charge is 2.42. The molecular formula is C14H14F3N3O2. The molecule has 1 aromatic carbocycles. The van der Waals surface area contributed by atoms with E-state index < -0.39 is 12.1 Å². The van der Waals surface area contributed by atoms with E-state index in [1.807, 2.05) is 6.07 Å². The Bertz CT molecular complexity index is 690. The maximum Gasteiger partial charge on any atom is 0.493 e. The molecule has 0 radical (unpaired) electrons. The summed E-state index contributed by atoms with van der Waals surface area (Å²) in [6.45, 7) is 3.32. The Labute approximate surface area is 124 Å². The Morgan fingerprint density at radius 3 is 2.59 bits per heavy atom. The molecule has 0 spiro atoms. The van der Waals surface area contributed by atoms with Crippen LogP contribution in [0.1, 0.15) is 0 Å². The molecule has 1 aromatic heterocycles. The number of fused-ring (bicyclic) bond motifs is 1. The predicted molar refractivity (Wildman–Crippen MR) is 74.7 cm³/mol. The van der Waals surface area contributed by atoms with Gasteiger partial charge in [-0.1, -0.05) is 6.07 Å². The fourth-order valence-corrected chi connectivity index (χ4v) is 2.53. The zero-order valence-electron chi connectivity index (χ0n) is 11.6. The SMILES string of the molecule is O=C(On1ccc2c(N3CCNCC3)cccc21)C(F)(F)F. The Hall–Kier alpha value is -2.22. The summed E-state index contributed by atoms with van der Waals surface area (Å²) in [5.41, 5.74) is 1.34. The maximum atomic E-state index is 12.3. The number of carbonyl (C=O) groups is 1. The van der Waals surface area contributed by atoms with Crippen molar-refractivity contribution >= 4 is 22.6 Å². The number of aromatic nitrogens is 1. The highest BCUT2D eigenvalue weighted by molar-refractivity contribution is 5.93. The summed E-state index contributed by atoms with van der Waals surface area (Å²) in [6.07, 6.45) is -3.70. The number of benzene rings is 1. The van der Waals surface area contributed by atoms with E-state index >= 15 is 0 Å². The smallest absolute Gasteiger partial charge is 0.368 e. The molecule has 1 aliphatic rings. The molecular weight excluding hydrogens is 299 g/mol. The van der Waals surface area contributed by atoms with Crippen LogP contribution in [0.25, 0.3) is 10.9 Å². The van der Waals surface area contributed by atoms with E-state index in [1.165, 1.54) is 6.20 Å². The highest BCUT2D eigenvalue weighted by atomic mass is 19.4. The van der Waals surface area contributed by atoms with Gasteiger partial charge in [0.25, 0.3) is 0 Å². The van der Waals surface area contributed by atoms with Gasteiger partial charge in [0.05, 0.1) is 5.52 Å². The number of hydrogen-bond donors (Lipinski definition) is 1. The first-order valence-electron chi connectivity index (χ1n) is 6.82. The third-order valence-corrected chi connectivity index (χ3v) is 3.54. The molecule has 0 atom stereocenters. The lowest BCUT2D eigenvalue weighted by Gasteiger charge is -2.30.